The predicted molar refractivity (Wildman–Crippen MR) is 51.8 cm³/mol. The monoisotopic (exact) mass is 242 g/mol. The first-order valence-electron chi connectivity index (χ1n) is 4.47. The number of aliphatic carboxylic acids is 1. The van der Waals surface area contributed by atoms with Gasteiger partial charge in [-0.1, -0.05) is 0 Å². The molecule has 1 aromatic rings. The first-order chi connectivity index (χ1) is 8.01. The molecule has 0 unspecified atom stereocenters. The van der Waals surface area contributed by atoms with Crippen LogP contribution in [0.5, 0.6) is 5.88 Å². The molecule has 17 heavy (non-hydrogen) atoms. The molecule has 0 radical (unpaired) electrons. The molecule has 7 heteroatoms. The molecule has 0 bridgehead atoms. The van der Waals surface area contributed by atoms with Gasteiger partial charge in [-0.05, 0) is 5.56 Å². The number of ether oxygens (including phenoxy) is 1. The van der Waals surface area contributed by atoms with Gasteiger partial charge in [-0.25, -0.2) is 13.8 Å². The lowest BCUT2D eigenvalue weighted by atomic mass is 10.0. The van der Waals surface area contributed by atoms with Gasteiger partial charge in [-0.3, -0.25) is 4.79 Å². The van der Waals surface area contributed by atoms with Gasteiger partial charge in [0.2, 0.25) is 5.88 Å². The molecular weight excluding hydrogens is 234 g/mol. The quantitative estimate of drug-likeness (QED) is 0.865. The van der Waals surface area contributed by atoms with Crippen molar-refractivity contribution in [3.63, 3.8) is 0 Å². The fraction of sp³-hybridized carbons (Fsp3) is 0.300. The third kappa shape index (κ3) is 2.66. The number of carbonyl (C=O) groups is 1. The standard InChI is InChI=1S/C10H8F2N2O3/c1-17-10-6(3-13)5(2-8(15)16)7(4-14-10)9(11)12/h4,9H,2H2,1H3,(H,15,16). The van der Waals surface area contributed by atoms with E-state index in [-0.39, 0.29) is 17.0 Å². The molecule has 0 saturated heterocycles. The fourth-order valence-corrected chi connectivity index (χ4v) is 1.34. The van der Waals surface area contributed by atoms with E-state index in [4.69, 9.17) is 15.1 Å². The van der Waals surface area contributed by atoms with Gasteiger partial charge in [0.05, 0.1) is 13.5 Å². The summed E-state index contributed by atoms with van der Waals surface area (Å²) >= 11 is 0. The number of methoxy groups -OCH3 is 1. The minimum Gasteiger partial charge on any atom is -0.481 e. The van der Waals surface area contributed by atoms with Crippen molar-refractivity contribution in [3.05, 3.63) is 22.9 Å². The van der Waals surface area contributed by atoms with Crippen molar-refractivity contribution < 1.29 is 23.4 Å². The maximum Gasteiger partial charge on any atom is 0.307 e. The largest absolute Gasteiger partial charge is 0.481 e. The highest BCUT2D eigenvalue weighted by Gasteiger charge is 2.22. The summed E-state index contributed by atoms with van der Waals surface area (Å²) in [5.74, 6) is -1.47. The minimum absolute atomic E-state index is 0.159. The van der Waals surface area contributed by atoms with Crippen LogP contribution in [0.4, 0.5) is 8.78 Å². The average molecular weight is 242 g/mol. The highest BCUT2D eigenvalue weighted by atomic mass is 19.3. The second-order valence-corrected chi connectivity index (χ2v) is 3.06. The summed E-state index contributed by atoms with van der Waals surface area (Å²) in [6, 6.07) is 1.63. The van der Waals surface area contributed by atoms with E-state index in [0.29, 0.717) is 0 Å². The lowest BCUT2D eigenvalue weighted by Gasteiger charge is -2.10. The SMILES string of the molecule is COc1ncc(C(F)F)c(CC(=O)O)c1C#N. The Kier molecular flexibility index (Phi) is 3.93. The van der Waals surface area contributed by atoms with Gasteiger partial charge in [0.25, 0.3) is 6.43 Å². The lowest BCUT2D eigenvalue weighted by molar-refractivity contribution is -0.136. The van der Waals surface area contributed by atoms with Crippen molar-refractivity contribution >= 4 is 5.97 Å². The summed E-state index contributed by atoms with van der Waals surface area (Å²) in [4.78, 5) is 14.1. The maximum atomic E-state index is 12.6. The van der Waals surface area contributed by atoms with E-state index in [1.807, 2.05) is 0 Å². The number of aromatic nitrogens is 1. The Bertz CT molecular complexity index is 483. The van der Waals surface area contributed by atoms with Crippen LogP contribution in [0.25, 0.3) is 0 Å². The number of carboxylic acid groups (broad SMARTS) is 1. The van der Waals surface area contributed by atoms with Crippen molar-refractivity contribution in [2.75, 3.05) is 7.11 Å². The van der Waals surface area contributed by atoms with Crippen molar-refractivity contribution in [1.29, 1.82) is 5.26 Å². The molecule has 1 aromatic heterocycles. The van der Waals surface area contributed by atoms with Gasteiger partial charge >= 0.3 is 5.97 Å². The molecule has 0 aliphatic rings. The molecule has 0 aliphatic heterocycles. The predicted octanol–water partition coefficient (Wildman–Crippen LogP) is 1.53. The molecule has 5 nitrogen and oxygen atoms in total. The van der Waals surface area contributed by atoms with Crippen LogP contribution in [0.3, 0.4) is 0 Å². The number of hydrogen-bond acceptors (Lipinski definition) is 4. The zero-order valence-electron chi connectivity index (χ0n) is 8.78. The van der Waals surface area contributed by atoms with Crippen molar-refractivity contribution in [2.45, 2.75) is 12.8 Å². The van der Waals surface area contributed by atoms with Crippen LogP contribution < -0.4 is 4.74 Å². The fourth-order valence-electron chi connectivity index (χ4n) is 1.34. The Morgan fingerprint density at radius 1 is 1.71 bits per heavy atom. The first kappa shape index (κ1) is 12.8. The van der Waals surface area contributed by atoms with Crippen molar-refractivity contribution in [3.8, 4) is 11.9 Å². The number of halogens is 2. The minimum atomic E-state index is -2.89. The zero-order valence-corrected chi connectivity index (χ0v) is 8.78. The number of pyridine rings is 1. The second-order valence-electron chi connectivity index (χ2n) is 3.06. The molecule has 0 spiro atoms. The molecule has 0 aliphatic carbocycles. The van der Waals surface area contributed by atoms with Crippen LogP contribution in [-0.4, -0.2) is 23.2 Å². The Balaban J connectivity index is 3.45. The first-order valence-corrected chi connectivity index (χ1v) is 4.47. The highest BCUT2D eigenvalue weighted by Crippen LogP contribution is 2.29. The van der Waals surface area contributed by atoms with E-state index in [9.17, 15) is 13.6 Å². The van der Waals surface area contributed by atoms with Gasteiger partial charge in [0.15, 0.2) is 0 Å². The van der Waals surface area contributed by atoms with E-state index in [2.05, 4.69) is 4.98 Å². The average Bonchev–Trinajstić information content (AvgIpc) is 2.27. The maximum absolute atomic E-state index is 12.6. The van der Waals surface area contributed by atoms with E-state index in [0.717, 1.165) is 6.20 Å². The molecule has 1 heterocycles. The molecule has 1 N–H and O–H groups in total. The van der Waals surface area contributed by atoms with Crippen LogP contribution in [0.15, 0.2) is 6.20 Å². The van der Waals surface area contributed by atoms with E-state index in [1.165, 1.54) is 7.11 Å². The summed E-state index contributed by atoms with van der Waals surface area (Å²) in [6.07, 6.45) is -2.75. The topological polar surface area (TPSA) is 83.2 Å². The summed E-state index contributed by atoms with van der Waals surface area (Å²) in [5.41, 5.74) is -1.10. The Labute approximate surface area is 95.3 Å². The van der Waals surface area contributed by atoms with E-state index >= 15 is 0 Å². The van der Waals surface area contributed by atoms with Crippen LogP contribution in [-0.2, 0) is 11.2 Å². The summed E-state index contributed by atoms with van der Waals surface area (Å²) in [5, 5.41) is 17.5. The Morgan fingerprint density at radius 3 is 2.76 bits per heavy atom. The molecule has 0 aromatic carbocycles. The Morgan fingerprint density at radius 2 is 2.35 bits per heavy atom. The van der Waals surface area contributed by atoms with Gasteiger partial charge < -0.3 is 9.84 Å². The van der Waals surface area contributed by atoms with Crippen molar-refractivity contribution in [1.82, 2.24) is 4.98 Å². The summed E-state index contributed by atoms with van der Waals surface area (Å²) in [6.45, 7) is 0. The lowest BCUT2D eigenvalue weighted by Crippen LogP contribution is -2.09. The third-order valence-corrected chi connectivity index (χ3v) is 2.05. The Hall–Kier alpha value is -2.23. The summed E-state index contributed by atoms with van der Waals surface area (Å²) < 4.78 is 30.0. The number of rotatable bonds is 4. The van der Waals surface area contributed by atoms with Gasteiger partial charge in [0, 0.05) is 11.8 Å². The van der Waals surface area contributed by atoms with Gasteiger partial charge in [-0.15, -0.1) is 0 Å². The number of nitriles is 1. The summed E-state index contributed by atoms with van der Waals surface area (Å²) in [7, 11) is 1.22. The second kappa shape index (κ2) is 5.21. The smallest absolute Gasteiger partial charge is 0.307 e. The van der Waals surface area contributed by atoms with Crippen molar-refractivity contribution in [2.24, 2.45) is 0 Å². The third-order valence-electron chi connectivity index (χ3n) is 2.05. The van der Waals surface area contributed by atoms with E-state index < -0.39 is 24.4 Å². The van der Waals surface area contributed by atoms with E-state index in [1.54, 1.807) is 6.07 Å². The van der Waals surface area contributed by atoms with Crippen LogP contribution in [0, 0.1) is 11.3 Å². The molecule has 0 fully saturated rings. The molecule has 0 amide bonds. The molecule has 0 atom stereocenters. The van der Waals surface area contributed by atoms with Crippen LogP contribution in [0.1, 0.15) is 23.1 Å². The number of alkyl halides is 2. The van der Waals surface area contributed by atoms with Gasteiger partial charge in [0.1, 0.15) is 11.6 Å². The molecule has 0 saturated carbocycles. The number of carboxylic acids is 1. The normalized spacial score (nSPS) is 10.1. The highest BCUT2D eigenvalue weighted by molar-refractivity contribution is 5.72. The number of nitrogens with zero attached hydrogens (tertiary/aromatic N) is 2. The van der Waals surface area contributed by atoms with Gasteiger partial charge in [-0.2, -0.15) is 5.26 Å². The zero-order chi connectivity index (χ0) is 13.0. The van der Waals surface area contributed by atoms with Crippen LogP contribution >= 0.6 is 0 Å². The molecular formula is C10H8F2N2O3. The molecule has 90 valence electrons. The van der Waals surface area contributed by atoms with Crippen LogP contribution in [0.2, 0.25) is 0 Å². The number of hydrogen-bond donors (Lipinski definition) is 1. The molecule has 1 rings (SSSR count).